The summed E-state index contributed by atoms with van der Waals surface area (Å²) in [6, 6.07) is 12.0. The van der Waals surface area contributed by atoms with Crippen LogP contribution in [0.4, 0.5) is 9.52 Å². The normalized spacial score (nSPS) is 10.7. The second-order valence-corrected chi connectivity index (χ2v) is 5.92. The number of nitrogens with zero attached hydrogens (tertiary/aromatic N) is 1. The minimum absolute atomic E-state index is 0.0215. The summed E-state index contributed by atoms with van der Waals surface area (Å²) >= 11 is 4.53. The van der Waals surface area contributed by atoms with Crippen LogP contribution in [0.1, 0.15) is 10.4 Å². The highest BCUT2D eigenvalue weighted by molar-refractivity contribution is 9.10. The molecule has 2 aromatic carbocycles. The maximum Gasteiger partial charge on any atom is 0.261 e. The van der Waals surface area contributed by atoms with Gasteiger partial charge in [-0.25, -0.2) is 9.37 Å². The van der Waals surface area contributed by atoms with Crippen molar-refractivity contribution in [3.8, 4) is 0 Å². The summed E-state index contributed by atoms with van der Waals surface area (Å²) in [7, 11) is 0. The molecule has 0 saturated heterocycles. The van der Waals surface area contributed by atoms with Crippen LogP contribution in [0.3, 0.4) is 0 Å². The van der Waals surface area contributed by atoms with Gasteiger partial charge in [0.25, 0.3) is 5.91 Å². The van der Waals surface area contributed by atoms with Crippen molar-refractivity contribution in [2.45, 2.75) is 0 Å². The van der Waals surface area contributed by atoms with E-state index in [-0.39, 0.29) is 5.56 Å². The van der Waals surface area contributed by atoms with E-state index >= 15 is 0 Å². The molecule has 0 atom stereocenters. The molecule has 3 rings (SSSR count). The lowest BCUT2D eigenvalue weighted by atomic mass is 10.2. The van der Waals surface area contributed by atoms with Crippen molar-refractivity contribution in [1.82, 2.24) is 4.98 Å². The first kappa shape index (κ1) is 13.2. The lowest BCUT2D eigenvalue weighted by Crippen LogP contribution is -2.14. The van der Waals surface area contributed by atoms with Gasteiger partial charge in [-0.15, -0.1) is 0 Å². The number of aromatic nitrogens is 1. The van der Waals surface area contributed by atoms with Gasteiger partial charge in [0.15, 0.2) is 5.13 Å². The third kappa shape index (κ3) is 2.44. The number of hydrogen-bond acceptors (Lipinski definition) is 3. The number of amides is 1. The fourth-order valence-electron chi connectivity index (χ4n) is 1.80. The van der Waals surface area contributed by atoms with Crippen molar-refractivity contribution in [2.75, 3.05) is 5.32 Å². The minimum atomic E-state index is -0.571. The van der Waals surface area contributed by atoms with E-state index in [2.05, 4.69) is 26.2 Å². The molecule has 0 aliphatic carbocycles. The molecular weight excluding hydrogens is 343 g/mol. The number of fused-ring (bicyclic) bond motifs is 1. The average molecular weight is 351 g/mol. The predicted octanol–water partition coefficient (Wildman–Crippen LogP) is 4.45. The zero-order valence-corrected chi connectivity index (χ0v) is 12.5. The van der Waals surface area contributed by atoms with E-state index < -0.39 is 11.7 Å². The molecule has 0 bridgehead atoms. The van der Waals surface area contributed by atoms with Crippen LogP contribution in [0.2, 0.25) is 0 Å². The number of carbonyl (C=O) groups is 1. The Labute approximate surface area is 126 Å². The highest BCUT2D eigenvalue weighted by Crippen LogP contribution is 2.27. The van der Waals surface area contributed by atoms with Gasteiger partial charge in [0.2, 0.25) is 0 Å². The second kappa shape index (κ2) is 5.30. The van der Waals surface area contributed by atoms with Gasteiger partial charge in [0.1, 0.15) is 5.82 Å². The number of thiazole rings is 1. The summed E-state index contributed by atoms with van der Waals surface area (Å²) < 4.78 is 15.1. The van der Waals surface area contributed by atoms with Crippen molar-refractivity contribution >= 4 is 48.5 Å². The molecule has 3 nitrogen and oxygen atoms in total. The Balaban J connectivity index is 1.92. The Hall–Kier alpha value is -1.79. The number of para-hydroxylation sites is 1. The zero-order valence-electron chi connectivity index (χ0n) is 10.1. The van der Waals surface area contributed by atoms with Gasteiger partial charge in [-0.1, -0.05) is 29.5 Å². The zero-order chi connectivity index (χ0) is 14.1. The van der Waals surface area contributed by atoms with Crippen molar-refractivity contribution in [3.05, 3.63) is 58.3 Å². The van der Waals surface area contributed by atoms with E-state index in [1.165, 1.54) is 23.5 Å². The largest absolute Gasteiger partial charge is 0.298 e. The third-order valence-electron chi connectivity index (χ3n) is 2.70. The number of halogens is 2. The number of carbonyl (C=O) groups excluding carboxylic acids is 1. The van der Waals surface area contributed by atoms with Gasteiger partial charge in [0, 0.05) is 4.47 Å². The molecule has 20 heavy (non-hydrogen) atoms. The smallest absolute Gasteiger partial charge is 0.261 e. The van der Waals surface area contributed by atoms with E-state index in [0.29, 0.717) is 9.60 Å². The molecule has 6 heteroatoms. The molecule has 0 spiro atoms. The molecule has 3 aromatic rings. The highest BCUT2D eigenvalue weighted by Gasteiger charge is 2.16. The SMILES string of the molecule is O=C(Nc1nc2ccccc2s1)c1c(F)cccc1Br. The fraction of sp³-hybridized carbons (Fsp3) is 0. The van der Waals surface area contributed by atoms with Crippen LogP contribution in [0.25, 0.3) is 10.2 Å². The van der Waals surface area contributed by atoms with Crippen LogP contribution in [0.15, 0.2) is 46.9 Å². The molecule has 1 aromatic heterocycles. The fourth-order valence-corrected chi connectivity index (χ4v) is 3.18. The van der Waals surface area contributed by atoms with E-state index in [1.54, 1.807) is 6.07 Å². The summed E-state index contributed by atoms with van der Waals surface area (Å²) in [6.07, 6.45) is 0. The topological polar surface area (TPSA) is 42.0 Å². The third-order valence-corrected chi connectivity index (χ3v) is 4.32. The summed E-state index contributed by atoms with van der Waals surface area (Å²) in [5.74, 6) is -1.09. The monoisotopic (exact) mass is 350 g/mol. The van der Waals surface area contributed by atoms with Gasteiger partial charge in [-0.3, -0.25) is 10.1 Å². The molecule has 100 valence electrons. The maximum absolute atomic E-state index is 13.7. The van der Waals surface area contributed by atoms with Crippen molar-refractivity contribution in [3.63, 3.8) is 0 Å². The Morgan fingerprint density at radius 2 is 2.00 bits per heavy atom. The van der Waals surface area contributed by atoms with Gasteiger partial charge < -0.3 is 0 Å². The Kier molecular flexibility index (Phi) is 3.50. The molecule has 1 amide bonds. The van der Waals surface area contributed by atoms with Crippen LogP contribution in [-0.2, 0) is 0 Å². The standard InChI is InChI=1S/C14H8BrFN2OS/c15-8-4-3-5-9(16)12(8)13(19)18-14-17-10-6-1-2-7-11(10)20-14/h1-7H,(H,17,18,19). The molecule has 0 aliphatic rings. The highest BCUT2D eigenvalue weighted by atomic mass is 79.9. The molecule has 1 N–H and O–H groups in total. The Morgan fingerprint density at radius 3 is 2.75 bits per heavy atom. The van der Waals surface area contributed by atoms with Crippen molar-refractivity contribution < 1.29 is 9.18 Å². The van der Waals surface area contributed by atoms with Crippen LogP contribution >= 0.6 is 27.3 Å². The Bertz CT molecular complexity index is 749. The number of hydrogen-bond donors (Lipinski definition) is 1. The molecule has 0 aliphatic heterocycles. The average Bonchev–Trinajstić information content (AvgIpc) is 2.80. The summed E-state index contributed by atoms with van der Waals surface area (Å²) in [4.78, 5) is 16.4. The molecule has 0 radical (unpaired) electrons. The number of anilines is 1. The van der Waals surface area contributed by atoms with Crippen molar-refractivity contribution in [2.24, 2.45) is 0 Å². The first-order chi connectivity index (χ1) is 9.65. The van der Waals surface area contributed by atoms with Crippen LogP contribution in [-0.4, -0.2) is 10.9 Å². The molecule has 0 saturated carbocycles. The van der Waals surface area contributed by atoms with E-state index in [1.807, 2.05) is 24.3 Å². The maximum atomic E-state index is 13.7. The number of nitrogens with one attached hydrogen (secondary N) is 1. The van der Waals surface area contributed by atoms with E-state index in [9.17, 15) is 9.18 Å². The number of rotatable bonds is 2. The van der Waals surface area contributed by atoms with Gasteiger partial charge in [0.05, 0.1) is 15.8 Å². The summed E-state index contributed by atoms with van der Waals surface area (Å²) in [5.41, 5.74) is 0.784. The van der Waals surface area contributed by atoms with Crippen LogP contribution in [0, 0.1) is 5.82 Å². The van der Waals surface area contributed by atoms with Gasteiger partial charge >= 0.3 is 0 Å². The van der Waals surface area contributed by atoms with Crippen molar-refractivity contribution in [1.29, 1.82) is 0 Å². The van der Waals surface area contributed by atoms with E-state index in [0.717, 1.165) is 10.2 Å². The lowest BCUT2D eigenvalue weighted by Gasteiger charge is -2.05. The molecule has 0 unspecified atom stereocenters. The minimum Gasteiger partial charge on any atom is -0.298 e. The summed E-state index contributed by atoms with van der Waals surface area (Å²) in [5, 5.41) is 3.08. The quantitative estimate of drug-likeness (QED) is 0.741. The molecular formula is C14H8BrFN2OS. The Morgan fingerprint density at radius 1 is 1.20 bits per heavy atom. The van der Waals surface area contributed by atoms with Crippen LogP contribution in [0.5, 0.6) is 0 Å². The predicted molar refractivity (Wildman–Crippen MR) is 81.7 cm³/mol. The summed E-state index contributed by atoms with van der Waals surface area (Å²) in [6.45, 7) is 0. The molecule has 1 heterocycles. The second-order valence-electron chi connectivity index (χ2n) is 4.04. The first-order valence-electron chi connectivity index (χ1n) is 5.76. The first-order valence-corrected chi connectivity index (χ1v) is 7.37. The van der Waals surface area contributed by atoms with Gasteiger partial charge in [-0.2, -0.15) is 0 Å². The van der Waals surface area contributed by atoms with Crippen LogP contribution < -0.4 is 5.32 Å². The lowest BCUT2D eigenvalue weighted by molar-refractivity contribution is 0.102. The van der Waals surface area contributed by atoms with Gasteiger partial charge in [-0.05, 0) is 40.2 Å². The van der Waals surface area contributed by atoms with E-state index in [4.69, 9.17) is 0 Å². The molecule has 0 fully saturated rings. The number of benzene rings is 2.